The van der Waals surface area contributed by atoms with Crippen LogP contribution in [0.2, 0.25) is 0 Å². The average Bonchev–Trinajstić information content (AvgIpc) is 2.31. The van der Waals surface area contributed by atoms with Gasteiger partial charge in [0.25, 0.3) is 0 Å². The Balaban J connectivity index is 2.10. The number of rotatable bonds is 3. The number of hydrogen-bond donors (Lipinski definition) is 1. The van der Waals surface area contributed by atoms with Crippen LogP contribution in [0.3, 0.4) is 0 Å². The molecule has 0 spiro atoms. The van der Waals surface area contributed by atoms with Gasteiger partial charge in [-0.1, -0.05) is 40.2 Å². The first-order valence-corrected chi connectivity index (χ1v) is 6.12. The third kappa shape index (κ3) is 3.01. The topological polar surface area (TPSA) is 29.5 Å². The number of ether oxygens (including phenoxy) is 1. The maximum absolute atomic E-state index is 9.68. The van der Waals surface area contributed by atoms with Crippen molar-refractivity contribution in [2.24, 2.45) is 0 Å². The summed E-state index contributed by atoms with van der Waals surface area (Å²) in [5.41, 5.74) is 2.00. The summed E-state index contributed by atoms with van der Waals surface area (Å²) in [6.45, 7) is 2.36. The highest BCUT2D eigenvalue weighted by Crippen LogP contribution is 2.29. The quantitative estimate of drug-likeness (QED) is 0.925. The fourth-order valence-electron chi connectivity index (χ4n) is 1.56. The Hall–Kier alpha value is -1.48. The second-order valence-electron chi connectivity index (χ2n) is 3.84. The van der Waals surface area contributed by atoms with E-state index in [2.05, 4.69) is 15.9 Å². The molecule has 1 N–H and O–H groups in total. The van der Waals surface area contributed by atoms with E-state index < -0.39 is 0 Å². The zero-order chi connectivity index (χ0) is 12.3. The van der Waals surface area contributed by atoms with Gasteiger partial charge in [-0.25, -0.2) is 0 Å². The fourth-order valence-corrected chi connectivity index (χ4v) is 1.83. The van der Waals surface area contributed by atoms with Crippen LogP contribution in [-0.4, -0.2) is 5.11 Å². The molecule has 0 amide bonds. The van der Waals surface area contributed by atoms with Crippen molar-refractivity contribution in [3.05, 3.63) is 58.1 Å². The van der Waals surface area contributed by atoms with Crippen LogP contribution in [-0.2, 0) is 6.61 Å². The standard InChI is InChI=1S/C14H13BrO2/c1-10-3-2-4-13(16)14(10)17-9-11-5-7-12(15)8-6-11/h2-8,16H,9H2,1H3. The summed E-state index contributed by atoms with van der Waals surface area (Å²) in [5, 5.41) is 9.68. The summed E-state index contributed by atoms with van der Waals surface area (Å²) in [7, 11) is 0. The Morgan fingerprint density at radius 2 is 1.82 bits per heavy atom. The number of hydrogen-bond acceptors (Lipinski definition) is 2. The van der Waals surface area contributed by atoms with Crippen molar-refractivity contribution < 1.29 is 9.84 Å². The van der Waals surface area contributed by atoms with E-state index in [-0.39, 0.29) is 5.75 Å². The van der Waals surface area contributed by atoms with Crippen molar-refractivity contribution in [2.45, 2.75) is 13.5 Å². The highest BCUT2D eigenvalue weighted by Gasteiger charge is 2.05. The molecule has 0 saturated heterocycles. The SMILES string of the molecule is Cc1cccc(O)c1OCc1ccc(Br)cc1. The highest BCUT2D eigenvalue weighted by molar-refractivity contribution is 9.10. The predicted molar refractivity (Wildman–Crippen MR) is 71.3 cm³/mol. The molecular weight excluding hydrogens is 280 g/mol. The third-order valence-corrected chi connectivity index (χ3v) is 3.02. The molecule has 0 aliphatic carbocycles. The first-order chi connectivity index (χ1) is 8.16. The van der Waals surface area contributed by atoms with Crippen LogP contribution >= 0.6 is 15.9 Å². The molecule has 0 heterocycles. The number of phenols is 1. The highest BCUT2D eigenvalue weighted by atomic mass is 79.9. The van der Waals surface area contributed by atoms with Crippen LogP contribution in [0.4, 0.5) is 0 Å². The minimum absolute atomic E-state index is 0.183. The van der Waals surface area contributed by atoms with E-state index in [0.29, 0.717) is 12.4 Å². The van der Waals surface area contributed by atoms with E-state index in [1.165, 1.54) is 0 Å². The summed E-state index contributed by atoms with van der Waals surface area (Å²) < 4.78 is 6.67. The molecule has 2 aromatic rings. The van der Waals surface area contributed by atoms with Crippen LogP contribution in [0.25, 0.3) is 0 Å². The lowest BCUT2D eigenvalue weighted by Gasteiger charge is -2.10. The Morgan fingerprint density at radius 3 is 2.47 bits per heavy atom. The molecule has 0 atom stereocenters. The number of aromatic hydroxyl groups is 1. The molecule has 88 valence electrons. The smallest absolute Gasteiger partial charge is 0.164 e. The maximum Gasteiger partial charge on any atom is 0.164 e. The first kappa shape index (κ1) is 12.0. The molecule has 2 nitrogen and oxygen atoms in total. The van der Waals surface area contributed by atoms with Gasteiger partial charge in [0, 0.05) is 4.47 Å². The van der Waals surface area contributed by atoms with Gasteiger partial charge in [-0.15, -0.1) is 0 Å². The molecular formula is C14H13BrO2. The van der Waals surface area contributed by atoms with Crippen molar-refractivity contribution in [2.75, 3.05) is 0 Å². The van der Waals surface area contributed by atoms with E-state index in [4.69, 9.17) is 4.74 Å². The lowest BCUT2D eigenvalue weighted by Crippen LogP contribution is -1.97. The molecule has 0 radical (unpaired) electrons. The molecule has 3 heteroatoms. The van der Waals surface area contributed by atoms with Crippen molar-refractivity contribution in [1.29, 1.82) is 0 Å². The zero-order valence-electron chi connectivity index (χ0n) is 9.48. The minimum atomic E-state index is 0.183. The fraction of sp³-hybridized carbons (Fsp3) is 0.143. The molecule has 0 aromatic heterocycles. The van der Waals surface area contributed by atoms with Gasteiger partial charge in [0.15, 0.2) is 11.5 Å². The third-order valence-electron chi connectivity index (χ3n) is 2.49. The molecule has 0 unspecified atom stereocenters. The number of phenolic OH excluding ortho intramolecular Hbond substituents is 1. The van der Waals surface area contributed by atoms with Crippen LogP contribution in [0.1, 0.15) is 11.1 Å². The average molecular weight is 293 g/mol. The Kier molecular flexibility index (Phi) is 3.69. The van der Waals surface area contributed by atoms with Crippen LogP contribution < -0.4 is 4.74 Å². The van der Waals surface area contributed by atoms with Crippen molar-refractivity contribution in [3.8, 4) is 11.5 Å². The lowest BCUT2D eigenvalue weighted by atomic mass is 10.2. The van der Waals surface area contributed by atoms with Crippen molar-refractivity contribution >= 4 is 15.9 Å². The summed E-state index contributed by atoms with van der Waals surface area (Å²) in [5.74, 6) is 0.734. The first-order valence-electron chi connectivity index (χ1n) is 5.32. The monoisotopic (exact) mass is 292 g/mol. The van der Waals surface area contributed by atoms with Gasteiger partial charge in [0.1, 0.15) is 6.61 Å². The number of para-hydroxylation sites is 1. The summed E-state index contributed by atoms with van der Waals surface area (Å²) in [4.78, 5) is 0. The van der Waals surface area contributed by atoms with E-state index in [0.717, 1.165) is 15.6 Å². The van der Waals surface area contributed by atoms with Gasteiger partial charge in [-0.3, -0.25) is 0 Å². The Labute approximate surface area is 109 Å². The Bertz CT molecular complexity index is 486. The predicted octanol–water partition coefficient (Wildman–Crippen LogP) is 4.04. The molecule has 0 aliphatic heterocycles. The maximum atomic E-state index is 9.68. The molecule has 0 saturated carbocycles. The number of benzene rings is 2. The summed E-state index contributed by atoms with van der Waals surface area (Å²) in [6, 6.07) is 13.3. The lowest BCUT2D eigenvalue weighted by molar-refractivity contribution is 0.287. The van der Waals surface area contributed by atoms with Crippen molar-refractivity contribution in [1.82, 2.24) is 0 Å². The largest absolute Gasteiger partial charge is 0.504 e. The second kappa shape index (κ2) is 5.23. The van der Waals surface area contributed by atoms with Gasteiger partial charge in [-0.2, -0.15) is 0 Å². The van der Waals surface area contributed by atoms with Gasteiger partial charge in [0.05, 0.1) is 0 Å². The molecule has 2 aromatic carbocycles. The van der Waals surface area contributed by atoms with Crippen LogP contribution in [0, 0.1) is 6.92 Å². The van der Waals surface area contributed by atoms with Gasteiger partial charge in [-0.05, 0) is 36.2 Å². The molecule has 0 aliphatic rings. The van der Waals surface area contributed by atoms with Gasteiger partial charge < -0.3 is 9.84 Å². The van der Waals surface area contributed by atoms with E-state index in [1.54, 1.807) is 12.1 Å². The molecule has 0 fully saturated rings. The van der Waals surface area contributed by atoms with E-state index in [9.17, 15) is 5.11 Å². The molecule has 0 bridgehead atoms. The molecule has 17 heavy (non-hydrogen) atoms. The van der Waals surface area contributed by atoms with Gasteiger partial charge in [0.2, 0.25) is 0 Å². The summed E-state index contributed by atoms with van der Waals surface area (Å²) >= 11 is 3.38. The number of aryl methyl sites for hydroxylation is 1. The van der Waals surface area contributed by atoms with Crippen molar-refractivity contribution in [3.63, 3.8) is 0 Å². The Morgan fingerprint density at radius 1 is 1.12 bits per heavy atom. The second-order valence-corrected chi connectivity index (χ2v) is 4.75. The van der Waals surface area contributed by atoms with E-state index >= 15 is 0 Å². The van der Waals surface area contributed by atoms with Crippen LogP contribution in [0.15, 0.2) is 46.9 Å². The summed E-state index contributed by atoms with van der Waals surface area (Å²) in [6.07, 6.45) is 0. The van der Waals surface area contributed by atoms with E-state index in [1.807, 2.05) is 37.3 Å². The normalized spacial score (nSPS) is 10.2. The van der Waals surface area contributed by atoms with Gasteiger partial charge >= 0.3 is 0 Å². The number of halogens is 1. The zero-order valence-corrected chi connectivity index (χ0v) is 11.1. The van der Waals surface area contributed by atoms with Crippen LogP contribution in [0.5, 0.6) is 11.5 Å². The molecule has 2 rings (SSSR count). The minimum Gasteiger partial charge on any atom is -0.504 e.